The van der Waals surface area contributed by atoms with Crippen molar-refractivity contribution < 1.29 is 4.79 Å². The first-order chi connectivity index (χ1) is 13.7. The molecule has 148 valence electrons. The average Bonchev–Trinajstić information content (AvgIpc) is 3.21. The largest absolute Gasteiger partial charge is 0.353 e. The second-order valence-corrected chi connectivity index (χ2v) is 8.47. The van der Waals surface area contributed by atoms with Crippen molar-refractivity contribution in [3.8, 4) is 0 Å². The Kier molecular flexibility index (Phi) is 6.06. The number of carbonyl (C=O) groups excluding carboxylic acids is 1. The molecule has 0 radical (unpaired) electrons. The van der Waals surface area contributed by atoms with Crippen LogP contribution in [0.5, 0.6) is 0 Å². The Balaban J connectivity index is 1.28. The second-order valence-electron chi connectivity index (χ2n) is 8.47. The Morgan fingerprint density at radius 3 is 2.43 bits per heavy atom. The van der Waals surface area contributed by atoms with E-state index >= 15 is 0 Å². The minimum absolute atomic E-state index is 0.0914. The van der Waals surface area contributed by atoms with Crippen LogP contribution in [-0.2, 0) is 16.6 Å². The van der Waals surface area contributed by atoms with Gasteiger partial charge in [-0.3, -0.25) is 9.78 Å². The molecule has 2 heterocycles. The molecule has 1 saturated carbocycles. The SMILES string of the molecule is O=C(Cc1ccccn1)NC1CCN(CC2(c3ccccc3)CCCC2)CC1. The van der Waals surface area contributed by atoms with Crippen molar-refractivity contribution in [2.45, 2.75) is 56.4 Å². The summed E-state index contributed by atoms with van der Waals surface area (Å²) in [6.45, 7) is 3.30. The summed E-state index contributed by atoms with van der Waals surface area (Å²) in [7, 11) is 0. The fraction of sp³-hybridized carbons (Fsp3) is 0.500. The summed E-state index contributed by atoms with van der Waals surface area (Å²) < 4.78 is 0. The molecule has 2 fully saturated rings. The lowest BCUT2D eigenvalue weighted by molar-refractivity contribution is -0.121. The van der Waals surface area contributed by atoms with E-state index in [9.17, 15) is 4.79 Å². The number of piperidine rings is 1. The van der Waals surface area contributed by atoms with Crippen LogP contribution in [0.15, 0.2) is 54.7 Å². The van der Waals surface area contributed by atoms with Crippen molar-refractivity contribution >= 4 is 5.91 Å². The lowest BCUT2D eigenvalue weighted by atomic mass is 9.78. The lowest BCUT2D eigenvalue weighted by Gasteiger charge is -2.39. The number of hydrogen-bond donors (Lipinski definition) is 1. The molecule has 1 aromatic heterocycles. The van der Waals surface area contributed by atoms with Crippen molar-refractivity contribution in [1.82, 2.24) is 15.2 Å². The fourth-order valence-electron chi connectivity index (χ4n) is 4.99. The van der Waals surface area contributed by atoms with E-state index in [1.165, 1.54) is 31.2 Å². The summed E-state index contributed by atoms with van der Waals surface area (Å²) in [5.41, 5.74) is 2.68. The Bertz CT molecular complexity index is 748. The number of likely N-dealkylation sites (tertiary alicyclic amines) is 1. The van der Waals surface area contributed by atoms with Crippen LogP contribution in [0, 0.1) is 0 Å². The van der Waals surface area contributed by atoms with Crippen molar-refractivity contribution in [3.63, 3.8) is 0 Å². The number of aromatic nitrogens is 1. The smallest absolute Gasteiger partial charge is 0.226 e. The van der Waals surface area contributed by atoms with Crippen molar-refractivity contribution in [3.05, 3.63) is 66.0 Å². The normalized spacial score (nSPS) is 20.1. The molecule has 1 amide bonds. The maximum atomic E-state index is 12.3. The molecular weight excluding hydrogens is 346 g/mol. The van der Waals surface area contributed by atoms with Crippen molar-refractivity contribution in [1.29, 1.82) is 0 Å². The highest BCUT2D eigenvalue weighted by Crippen LogP contribution is 2.42. The second kappa shape index (κ2) is 8.87. The molecule has 2 aromatic rings. The van der Waals surface area contributed by atoms with Crippen molar-refractivity contribution in [2.24, 2.45) is 0 Å². The summed E-state index contributed by atoms with van der Waals surface area (Å²) >= 11 is 0. The van der Waals surface area contributed by atoms with Gasteiger partial charge >= 0.3 is 0 Å². The molecule has 4 heteroatoms. The van der Waals surface area contributed by atoms with E-state index in [1.807, 2.05) is 18.2 Å². The number of nitrogens with zero attached hydrogens (tertiary/aromatic N) is 2. The topological polar surface area (TPSA) is 45.2 Å². The van der Waals surface area contributed by atoms with Crippen LogP contribution in [0.2, 0.25) is 0 Å². The van der Waals surface area contributed by atoms with Gasteiger partial charge in [-0.1, -0.05) is 49.2 Å². The molecule has 1 aliphatic carbocycles. The predicted octanol–water partition coefficient (Wildman–Crippen LogP) is 3.72. The first-order valence-corrected chi connectivity index (χ1v) is 10.7. The van der Waals surface area contributed by atoms with Crippen LogP contribution < -0.4 is 5.32 Å². The number of rotatable bonds is 6. The van der Waals surface area contributed by atoms with E-state index in [0.717, 1.165) is 38.2 Å². The number of carbonyl (C=O) groups is 1. The zero-order valence-corrected chi connectivity index (χ0v) is 16.6. The zero-order valence-electron chi connectivity index (χ0n) is 16.6. The summed E-state index contributed by atoms with van der Waals surface area (Å²) in [6.07, 6.45) is 9.49. The summed E-state index contributed by atoms with van der Waals surface area (Å²) in [5, 5.41) is 3.22. The van der Waals surface area contributed by atoms with Gasteiger partial charge in [-0.2, -0.15) is 0 Å². The van der Waals surface area contributed by atoms with Gasteiger partial charge in [-0.05, 0) is 43.4 Å². The van der Waals surface area contributed by atoms with Crippen LogP contribution in [-0.4, -0.2) is 41.5 Å². The van der Waals surface area contributed by atoms with E-state index in [0.29, 0.717) is 17.9 Å². The molecule has 2 aliphatic rings. The monoisotopic (exact) mass is 377 g/mol. The first-order valence-electron chi connectivity index (χ1n) is 10.7. The molecule has 4 nitrogen and oxygen atoms in total. The van der Waals surface area contributed by atoms with Crippen LogP contribution >= 0.6 is 0 Å². The summed E-state index contributed by atoms with van der Waals surface area (Å²) in [6, 6.07) is 17.1. The third-order valence-corrected chi connectivity index (χ3v) is 6.49. The molecule has 28 heavy (non-hydrogen) atoms. The first kappa shape index (κ1) is 19.1. The minimum atomic E-state index is 0.0914. The quantitative estimate of drug-likeness (QED) is 0.835. The van der Waals surface area contributed by atoms with Crippen LogP contribution in [0.4, 0.5) is 0 Å². The van der Waals surface area contributed by atoms with Gasteiger partial charge < -0.3 is 10.2 Å². The number of amides is 1. The zero-order chi connectivity index (χ0) is 19.2. The number of hydrogen-bond acceptors (Lipinski definition) is 3. The van der Waals surface area contributed by atoms with E-state index in [-0.39, 0.29) is 5.91 Å². The molecular formula is C24H31N3O. The third kappa shape index (κ3) is 4.61. The van der Waals surface area contributed by atoms with E-state index in [2.05, 4.69) is 45.5 Å². The molecule has 0 spiro atoms. The average molecular weight is 378 g/mol. The van der Waals surface area contributed by atoms with E-state index < -0.39 is 0 Å². The molecule has 0 atom stereocenters. The van der Waals surface area contributed by atoms with Gasteiger partial charge in [0.25, 0.3) is 0 Å². The van der Waals surface area contributed by atoms with Crippen LogP contribution in [0.3, 0.4) is 0 Å². The highest BCUT2D eigenvalue weighted by atomic mass is 16.1. The Hall–Kier alpha value is -2.20. The lowest BCUT2D eigenvalue weighted by Crippen LogP contribution is -2.48. The third-order valence-electron chi connectivity index (χ3n) is 6.49. The van der Waals surface area contributed by atoms with Gasteiger partial charge in [0, 0.05) is 43.0 Å². The molecule has 1 N–H and O–H groups in total. The molecule has 0 bridgehead atoms. The standard InChI is InChI=1S/C24H31N3O/c28-23(18-22-10-4-7-15-25-22)26-21-11-16-27(17-12-21)19-24(13-5-6-14-24)20-8-2-1-3-9-20/h1-4,7-10,15,21H,5-6,11-14,16-19H2,(H,26,28). The molecule has 1 saturated heterocycles. The van der Waals surface area contributed by atoms with Gasteiger partial charge in [-0.15, -0.1) is 0 Å². The van der Waals surface area contributed by atoms with Crippen LogP contribution in [0.25, 0.3) is 0 Å². The number of benzene rings is 1. The van der Waals surface area contributed by atoms with Crippen molar-refractivity contribution in [2.75, 3.05) is 19.6 Å². The maximum Gasteiger partial charge on any atom is 0.226 e. The van der Waals surface area contributed by atoms with E-state index in [4.69, 9.17) is 0 Å². The molecule has 1 aliphatic heterocycles. The summed E-state index contributed by atoms with van der Waals surface area (Å²) in [5.74, 6) is 0.0914. The van der Waals surface area contributed by atoms with Crippen LogP contribution in [0.1, 0.15) is 49.8 Å². The minimum Gasteiger partial charge on any atom is -0.353 e. The molecule has 4 rings (SSSR count). The highest BCUT2D eigenvalue weighted by molar-refractivity contribution is 5.78. The van der Waals surface area contributed by atoms with Gasteiger partial charge in [0.15, 0.2) is 0 Å². The molecule has 0 unspecified atom stereocenters. The van der Waals surface area contributed by atoms with E-state index in [1.54, 1.807) is 6.20 Å². The van der Waals surface area contributed by atoms with Gasteiger partial charge in [0.05, 0.1) is 6.42 Å². The Morgan fingerprint density at radius 1 is 1.04 bits per heavy atom. The highest BCUT2D eigenvalue weighted by Gasteiger charge is 2.37. The predicted molar refractivity (Wildman–Crippen MR) is 112 cm³/mol. The number of nitrogens with one attached hydrogen (secondary N) is 1. The molecule has 1 aromatic carbocycles. The van der Waals surface area contributed by atoms with Gasteiger partial charge in [0.2, 0.25) is 5.91 Å². The van der Waals surface area contributed by atoms with Gasteiger partial charge in [-0.25, -0.2) is 0 Å². The maximum absolute atomic E-state index is 12.3. The van der Waals surface area contributed by atoms with Gasteiger partial charge in [0.1, 0.15) is 0 Å². The summed E-state index contributed by atoms with van der Waals surface area (Å²) in [4.78, 5) is 19.2. The Morgan fingerprint density at radius 2 is 1.75 bits per heavy atom. The Labute approximate surface area is 168 Å². The number of pyridine rings is 1. The fourth-order valence-corrected chi connectivity index (χ4v) is 4.99.